The molecule has 172 valence electrons. The number of aromatic nitrogens is 1. The number of carbonyl (C=O) groups excluding carboxylic acids is 2. The molecule has 0 radical (unpaired) electrons. The van der Waals surface area contributed by atoms with E-state index in [1.54, 1.807) is 63.7 Å². The molecule has 0 aliphatic carbocycles. The molecule has 0 aliphatic heterocycles. The second-order valence-electron chi connectivity index (χ2n) is 7.30. The van der Waals surface area contributed by atoms with Crippen LogP contribution in [0.5, 0.6) is 23.0 Å². The normalized spacial score (nSPS) is 10.4. The Kier molecular flexibility index (Phi) is 6.59. The van der Waals surface area contributed by atoms with Crippen molar-refractivity contribution in [2.24, 2.45) is 0 Å². The number of hydrogen-bond donors (Lipinski definition) is 2. The van der Waals surface area contributed by atoms with Gasteiger partial charge in [0.1, 0.15) is 28.7 Å². The smallest absolute Gasteiger partial charge is 0.269 e. The van der Waals surface area contributed by atoms with E-state index in [1.165, 1.54) is 6.20 Å². The predicted octanol–water partition coefficient (Wildman–Crippen LogP) is 4.66. The number of hydrogen-bond acceptors (Lipinski definition) is 6. The van der Waals surface area contributed by atoms with Crippen LogP contribution in [0.3, 0.4) is 0 Å². The predicted molar refractivity (Wildman–Crippen MR) is 129 cm³/mol. The molecule has 2 amide bonds. The lowest BCUT2D eigenvalue weighted by Gasteiger charge is -2.12. The zero-order valence-electron chi connectivity index (χ0n) is 18.9. The van der Waals surface area contributed by atoms with Gasteiger partial charge in [0.2, 0.25) is 0 Å². The van der Waals surface area contributed by atoms with Crippen molar-refractivity contribution in [3.8, 4) is 23.0 Å². The van der Waals surface area contributed by atoms with Crippen LogP contribution in [0.1, 0.15) is 20.8 Å². The Balaban J connectivity index is 1.59. The summed E-state index contributed by atoms with van der Waals surface area (Å²) < 4.78 is 16.5. The number of anilines is 1. The van der Waals surface area contributed by atoms with Gasteiger partial charge in [0.25, 0.3) is 11.8 Å². The van der Waals surface area contributed by atoms with Crippen LogP contribution in [0.4, 0.5) is 5.69 Å². The van der Waals surface area contributed by atoms with Crippen molar-refractivity contribution in [3.05, 3.63) is 84.2 Å². The number of benzene rings is 3. The highest BCUT2D eigenvalue weighted by molar-refractivity contribution is 6.13. The number of nitrogens with zero attached hydrogens (tertiary/aromatic N) is 1. The van der Waals surface area contributed by atoms with Crippen LogP contribution in [0.25, 0.3) is 10.8 Å². The molecule has 8 heteroatoms. The molecule has 1 heterocycles. The molecule has 4 rings (SSSR count). The van der Waals surface area contributed by atoms with Gasteiger partial charge in [-0.25, -0.2) is 0 Å². The van der Waals surface area contributed by atoms with Gasteiger partial charge in [-0.1, -0.05) is 12.1 Å². The lowest BCUT2D eigenvalue weighted by atomic mass is 10.0. The van der Waals surface area contributed by atoms with Crippen molar-refractivity contribution in [3.63, 3.8) is 0 Å². The minimum atomic E-state index is -0.298. The number of pyridine rings is 1. The Morgan fingerprint density at radius 1 is 0.794 bits per heavy atom. The molecule has 1 aromatic heterocycles. The van der Waals surface area contributed by atoms with Gasteiger partial charge >= 0.3 is 0 Å². The number of fused-ring (bicyclic) bond motifs is 1. The molecule has 8 nitrogen and oxygen atoms in total. The average Bonchev–Trinajstić information content (AvgIpc) is 2.87. The number of methoxy groups -OCH3 is 2. The zero-order valence-corrected chi connectivity index (χ0v) is 18.9. The van der Waals surface area contributed by atoms with Crippen LogP contribution in [-0.2, 0) is 0 Å². The highest BCUT2D eigenvalue weighted by Crippen LogP contribution is 2.29. The Morgan fingerprint density at radius 2 is 1.53 bits per heavy atom. The molecular formula is C26H23N3O5. The summed E-state index contributed by atoms with van der Waals surface area (Å²) in [7, 11) is 4.64. The van der Waals surface area contributed by atoms with Gasteiger partial charge in [-0.2, -0.15) is 0 Å². The molecular weight excluding hydrogens is 434 g/mol. The van der Waals surface area contributed by atoms with Gasteiger partial charge in [-0.05, 0) is 41.1 Å². The fourth-order valence-electron chi connectivity index (χ4n) is 3.46. The number of nitrogens with one attached hydrogen (secondary N) is 2. The molecule has 0 aliphatic rings. The van der Waals surface area contributed by atoms with E-state index in [9.17, 15) is 9.59 Å². The summed E-state index contributed by atoms with van der Waals surface area (Å²) in [5, 5.41) is 7.03. The van der Waals surface area contributed by atoms with Gasteiger partial charge in [0.15, 0.2) is 0 Å². The van der Waals surface area contributed by atoms with Gasteiger partial charge in [-0.15, -0.1) is 0 Å². The first kappa shape index (κ1) is 22.6. The summed E-state index contributed by atoms with van der Waals surface area (Å²) in [6, 6.07) is 19.3. The van der Waals surface area contributed by atoms with Crippen LogP contribution in [0, 0.1) is 0 Å². The number of amides is 2. The lowest BCUT2D eigenvalue weighted by molar-refractivity contribution is 0.0957. The van der Waals surface area contributed by atoms with Crippen LogP contribution in [-0.4, -0.2) is 38.1 Å². The summed E-state index contributed by atoms with van der Waals surface area (Å²) in [6.07, 6.45) is 1.51. The molecule has 0 saturated carbocycles. The molecule has 2 N–H and O–H groups in total. The molecule has 0 fully saturated rings. The van der Waals surface area contributed by atoms with Crippen molar-refractivity contribution in [2.45, 2.75) is 0 Å². The monoisotopic (exact) mass is 457 g/mol. The Hall–Kier alpha value is -4.59. The topological polar surface area (TPSA) is 98.8 Å². The van der Waals surface area contributed by atoms with Gasteiger partial charge in [-0.3, -0.25) is 14.6 Å². The molecule has 0 atom stereocenters. The second-order valence-corrected chi connectivity index (χ2v) is 7.30. The maximum atomic E-state index is 13.1. The van der Waals surface area contributed by atoms with E-state index >= 15 is 0 Å². The first-order valence-corrected chi connectivity index (χ1v) is 10.4. The fourth-order valence-corrected chi connectivity index (χ4v) is 3.46. The molecule has 0 bridgehead atoms. The lowest BCUT2D eigenvalue weighted by Crippen LogP contribution is -2.18. The quantitative estimate of drug-likeness (QED) is 0.419. The van der Waals surface area contributed by atoms with E-state index < -0.39 is 0 Å². The highest BCUT2D eigenvalue weighted by Gasteiger charge is 2.13. The summed E-state index contributed by atoms with van der Waals surface area (Å²) in [4.78, 5) is 28.9. The van der Waals surface area contributed by atoms with E-state index in [1.807, 2.05) is 24.3 Å². The van der Waals surface area contributed by atoms with Gasteiger partial charge in [0, 0.05) is 48.8 Å². The summed E-state index contributed by atoms with van der Waals surface area (Å²) in [5.41, 5.74) is 1.33. The first-order chi connectivity index (χ1) is 16.5. The third kappa shape index (κ3) is 4.91. The van der Waals surface area contributed by atoms with Crippen molar-refractivity contribution in [2.75, 3.05) is 26.6 Å². The van der Waals surface area contributed by atoms with E-state index in [0.717, 1.165) is 10.8 Å². The summed E-state index contributed by atoms with van der Waals surface area (Å²) in [5.74, 6) is 1.63. The molecule has 3 aromatic carbocycles. The molecule has 34 heavy (non-hydrogen) atoms. The molecule has 0 spiro atoms. The number of carbonyl (C=O) groups is 2. The number of rotatable bonds is 7. The first-order valence-electron chi connectivity index (χ1n) is 10.4. The van der Waals surface area contributed by atoms with Gasteiger partial charge in [0.05, 0.1) is 14.2 Å². The standard InChI is InChI=1S/C26H23N3O5/c1-27-26(31)24-15-19(9-10-28-24)34-18-7-8-22-16(11-18)5-4-6-23(22)25(30)29-17-12-20(32-2)14-21(13-17)33-3/h4-15H,1-3H3,(H,27,31)(H,29,30). The van der Waals surface area contributed by atoms with Crippen LogP contribution < -0.4 is 24.8 Å². The van der Waals surface area contributed by atoms with E-state index in [4.69, 9.17) is 14.2 Å². The highest BCUT2D eigenvalue weighted by atomic mass is 16.5. The maximum absolute atomic E-state index is 13.1. The van der Waals surface area contributed by atoms with Crippen molar-refractivity contribution < 1.29 is 23.8 Å². The van der Waals surface area contributed by atoms with E-state index in [2.05, 4.69) is 15.6 Å². The second kappa shape index (κ2) is 9.91. The van der Waals surface area contributed by atoms with E-state index in [-0.39, 0.29) is 17.5 Å². The minimum absolute atomic E-state index is 0.258. The molecule has 0 saturated heterocycles. The number of ether oxygens (including phenoxy) is 3. The van der Waals surface area contributed by atoms with Crippen LogP contribution >= 0.6 is 0 Å². The maximum Gasteiger partial charge on any atom is 0.269 e. The SMILES string of the molecule is CNC(=O)c1cc(Oc2ccc3c(C(=O)Nc4cc(OC)cc(OC)c4)cccc3c2)ccn1. The third-order valence-corrected chi connectivity index (χ3v) is 5.13. The summed E-state index contributed by atoms with van der Waals surface area (Å²) in [6.45, 7) is 0. The van der Waals surface area contributed by atoms with Crippen molar-refractivity contribution in [1.29, 1.82) is 0 Å². The fraction of sp³-hybridized carbons (Fsp3) is 0.115. The van der Waals surface area contributed by atoms with Crippen molar-refractivity contribution >= 4 is 28.3 Å². The van der Waals surface area contributed by atoms with Crippen LogP contribution in [0.15, 0.2) is 72.9 Å². The zero-order chi connectivity index (χ0) is 24.1. The third-order valence-electron chi connectivity index (χ3n) is 5.13. The Morgan fingerprint density at radius 3 is 2.24 bits per heavy atom. The largest absolute Gasteiger partial charge is 0.497 e. The summed E-state index contributed by atoms with van der Waals surface area (Å²) >= 11 is 0. The molecule has 4 aromatic rings. The average molecular weight is 457 g/mol. The Labute approximate surface area is 196 Å². The molecule has 0 unspecified atom stereocenters. The van der Waals surface area contributed by atoms with Gasteiger partial charge < -0.3 is 24.8 Å². The minimum Gasteiger partial charge on any atom is -0.497 e. The van der Waals surface area contributed by atoms with Crippen molar-refractivity contribution in [1.82, 2.24) is 10.3 Å². The van der Waals surface area contributed by atoms with Crippen LogP contribution in [0.2, 0.25) is 0 Å². The Bertz CT molecular complexity index is 1350. The van der Waals surface area contributed by atoms with E-state index in [0.29, 0.717) is 34.2 Å².